The molecule has 1 heterocycles. The molecule has 0 aliphatic heterocycles. The van der Waals surface area contributed by atoms with Crippen molar-refractivity contribution in [3.8, 4) is 0 Å². The normalized spacial score (nSPS) is 10.6. The Morgan fingerprint density at radius 2 is 2.28 bits per heavy atom. The Hall–Kier alpha value is -1.55. The number of benzene rings is 1. The highest BCUT2D eigenvalue weighted by atomic mass is 32.2. The van der Waals surface area contributed by atoms with E-state index in [-0.39, 0.29) is 5.78 Å². The minimum Gasteiger partial charge on any atom is -0.295 e. The second-order valence-corrected chi connectivity index (χ2v) is 5.37. The van der Waals surface area contributed by atoms with E-state index in [1.165, 1.54) is 5.56 Å². The Balaban J connectivity index is 1.90. The first-order valence-corrected chi connectivity index (χ1v) is 6.85. The predicted molar refractivity (Wildman–Crippen MR) is 74.1 cm³/mol. The van der Waals surface area contributed by atoms with Gasteiger partial charge in [-0.05, 0) is 31.0 Å². The van der Waals surface area contributed by atoms with E-state index in [1.807, 2.05) is 48.4 Å². The van der Waals surface area contributed by atoms with Crippen LogP contribution in [0.4, 0.5) is 0 Å². The SMILES string of the molecule is CC(=O)c1cccc(SCCc2cnn(C)c2)c1. The number of aromatic nitrogens is 2. The zero-order valence-electron chi connectivity index (χ0n) is 10.6. The van der Waals surface area contributed by atoms with Gasteiger partial charge in [0.25, 0.3) is 0 Å². The highest BCUT2D eigenvalue weighted by Gasteiger charge is 2.02. The molecule has 4 heteroatoms. The number of thioether (sulfide) groups is 1. The van der Waals surface area contributed by atoms with Crippen LogP contribution in [0.2, 0.25) is 0 Å². The van der Waals surface area contributed by atoms with Crippen molar-refractivity contribution in [2.75, 3.05) is 5.75 Å². The highest BCUT2D eigenvalue weighted by Crippen LogP contribution is 2.20. The van der Waals surface area contributed by atoms with Crippen molar-refractivity contribution >= 4 is 17.5 Å². The van der Waals surface area contributed by atoms with E-state index in [1.54, 1.807) is 18.7 Å². The van der Waals surface area contributed by atoms with Crippen LogP contribution in [0.5, 0.6) is 0 Å². The number of rotatable bonds is 5. The molecule has 94 valence electrons. The Morgan fingerprint density at radius 1 is 1.44 bits per heavy atom. The predicted octanol–water partition coefficient (Wildman–Crippen LogP) is 2.96. The van der Waals surface area contributed by atoms with Gasteiger partial charge in [-0.25, -0.2) is 0 Å². The lowest BCUT2D eigenvalue weighted by molar-refractivity contribution is 0.101. The first-order valence-electron chi connectivity index (χ1n) is 5.86. The second-order valence-electron chi connectivity index (χ2n) is 4.20. The third-order valence-corrected chi connectivity index (χ3v) is 3.65. The lowest BCUT2D eigenvalue weighted by Crippen LogP contribution is -1.92. The zero-order chi connectivity index (χ0) is 13.0. The van der Waals surface area contributed by atoms with Gasteiger partial charge in [-0.15, -0.1) is 11.8 Å². The third kappa shape index (κ3) is 3.47. The van der Waals surface area contributed by atoms with Gasteiger partial charge in [-0.1, -0.05) is 12.1 Å². The van der Waals surface area contributed by atoms with Crippen LogP contribution >= 0.6 is 11.8 Å². The minimum absolute atomic E-state index is 0.115. The maximum atomic E-state index is 11.3. The van der Waals surface area contributed by atoms with Crippen LogP contribution in [0.15, 0.2) is 41.6 Å². The van der Waals surface area contributed by atoms with Crippen LogP contribution < -0.4 is 0 Å². The molecule has 0 bridgehead atoms. The van der Waals surface area contributed by atoms with Gasteiger partial charge >= 0.3 is 0 Å². The van der Waals surface area contributed by atoms with Crippen molar-refractivity contribution in [3.63, 3.8) is 0 Å². The molecule has 1 aromatic carbocycles. The first kappa shape index (κ1) is 12.9. The van der Waals surface area contributed by atoms with E-state index < -0.39 is 0 Å². The van der Waals surface area contributed by atoms with E-state index in [0.717, 1.165) is 22.6 Å². The van der Waals surface area contributed by atoms with Crippen LogP contribution in [-0.4, -0.2) is 21.3 Å². The van der Waals surface area contributed by atoms with Gasteiger partial charge in [0.1, 0.15) is 0 Å². The fraction of sp³-hybridized carbons (Fsp3) is 0.286. The maximum absolute atomic E-state index is 11.3. The summed E-state index contributed by atoms with van der Waals surface area (Å²) in [4.78, 5) is 12.4. The quantitative estimate of drug-likeness (QED) is 0.612. The van der Waals surface area contributed by atoms with Crippen molar-refractivity contribution in [1.82, 2.24) is 9.78 Å². The first-order chi connectivity index (χ1) is 8.65. The molecule has 0 atom stereocenters. The highest BCUT2D eigenvalue weighted by molar-refractivity contribution is 7.99. The van der Waals surface area contributed by atoms with Crippen LogP contribution in [-0.2, 0) is 13.5 Å². The number of carbonyl (C=O) groups is 1. The average Bonchev–Trinajstić information content (AvgIpc) is 2.75. The third-order valence-electron chi connectivity index (χ3n) is 2.66. The standard InChI is InChI=1S/C14H16N2OS/c1-11(17)13-4-3-5-14(8-13)18-7-6-12-9-15-16(2)10-12/h3-5,8-10H,6-7H2,1-2H3. The topological polar surface area (TPSA) is 34.9 Å². The molecule has 18 heavy (non-hydrogen) atoms. The number of aryl methyl sites for hydroxylation is 2. The van der Waals surface area contributed by atoms with Crippen LogP contribution in [0, 0.1) is 0 Å². The molecule has 0 radical (unpaired) electrons. The molecule has 0 N–H and O–H groups in total. The minimum atomic E-state index is 0.115. The fourth-order valence-corrected chi connectivity index (χ4v) is 2.65. The number of hydrogen-bond donors (Lipinski definition) is 0. The van der Waals surface area contributed by atoms with Crippen LogP contribution in [0.3, 0.4) is 0 Å². The van der Waals surface area contributed by atoms with Gasteiger partial charge in [0.05, 0.1) is 6.20 Å². The molecular formula is C14H16N2OS. The van der Waals surface area contributed by atoms with Gasteiger partial charge in [0, 0.05) is 29.5 Å². The van der Waals surface area contributed by atoms with Crippen LogP contribution in [0.1, 0.15) is 22.8 Å². The molecular weight excluding hydrogens is 244 g/mol. The van der Waals surface area contributed by atoms with E-state index >= 15 is 0 Å². The van der Waals surface area contributed by atoms with Crippen molar-refractivity contribution < 1.29 is 4.79 Å². The molecule has 0 amide bonds. The van der Waals surface area contributed by atoms with E-state index in [9.17, 15) is 4.79 Å². The summed E-state index contributed by atoms with van der Waals surface area (Å²) in [5.74, 6) is 1.11. The Labute approximate surface area is 111 Å². The number of carbonyl (C=O) groups excluding carboxylic acids is 1. The average molecular weight is 260 g/mol. The molecule has 0 saturated heterocycles. The number of Topliss-reactive ketones (excluding diaryl/α,β-unsaturated/α-hetero) is 1. The smallest absolute Gasteiger partial charge is 0.159 e. The summed E-state index contributed by atoms with van der Waals surface area (Å²) in [5.41, 5.74) is 2.02. The molecule has 1 aromatic heterocycles. The Morgan fingerprint density at radius 3 is 2.94 bits per heavy atom. The summed E-state index contributed by atoms with van der Waals surface area (Å²) in [6.07, 6.45) is 4.92. The van der Waals surface area contributed by atoms with Crippen LogP contribution in [0.25, 0.3) is 0 Å². The van der Waals surface area contributed by atoms with Crippen molar-refractivity contribution in [1.29, 1.82) is 0 Å². The van der Waals surface area contributed by atoms with Gasteiger partial charge in [0.15, 0.2) is 5.78 Å². The summed E-state index contributed by atoms with van der Waals surface area (Å²) in [6, 6.07) is 7.78. The monoisotopic (exact) mass is 260 g/mol. The van der Waals surface area contributed by atoms with Gasteiger partial charge in [-0.2, -0.15) is 5.10 Å². The molecule has 0 unspecified atom stereocenters. The lowest BCUT2D eigenvalue weighted by Gasteiger charge is -2.02. The van der Waals surface area contributed by atoms with Gasteiger partial charge < -0.3 is 0 Å². The summed E-state index contributed by atoms with van der Waals surface area (Å²) in [7, 11) is 1.92. The van der Waals surface area contributed by atoms with E-state index in [2.05, 4.69) is 5.10 Å². The molecule has 0 saturated carbocycles. The van der Waals surface area contributed by atoms with E-state index in [4.69, 9.17) is 0 Å². The maximum Gasteiger partial charge on any atom is 0.159 e. The summed E-state index contributed by atoms with van der Waals surface area (Å²) in [6.45, 7) is 1.60. The number of hydrogen-bond acceptors (Lipinski definition) is 3. The van der Waals surface area contributed by atoms with E-state index in [0.29, 0.717) is 0 Å². The molecule has 0 fully saturated rings. The molecule has 0 aliphatic carbocycles. The summed E-state index contributed by atoms with van der Waals surface area (Å²) >= 11 is 1.77. The number of ketones is 1. The zero-order valence-corrected chi connectivity index (χ0v) is 11.4. The molecule has 3 nitrogen and oxygen atoms in total. The number of nitrogens with zero attached hydrogens (tertiary/aromatic N) is 2. The molecule has 2 aromatic rings. The van der Waals surface area contributed by atoms with Crippen molar-refractivity contribution in [2.45, 2.75) is 18.2 Å². The van der Waals surface area contributed by atoms with Crippen molar-refractivity contribution in [2.24, 2.45) is 7.05 Å². The lowest BCUT2D eigenvalue weighted by atomic mass is 10.2. The fourth-order valence-electron chi connectivity index (χ4n) is 1.69. The Bertz CT molecular complexity index is 548. The largest absolute Gasteiger partial charge is 0.295 e. The summed E-state index contributed by atoms with van der Waals surface area (Å²) < 4.78 is 1.82. The van der Waals surface area contributed by atoms with Gasteiger partial charge in [0.2, 0.25) is 0 Å². The molecule has 2 rings (SSSR count). The second kappa shape index (κ2) is 5.87. The molecule has 0 spiro atoms. The van der Waals surface area contributed by atoms with Crippen molar-refractivity contribution in [3.05, 3.63) is 47.8 Å². The summed E-state index contributed by atoms with van der Waals surface area (Å²) in [5, 5.41) is 4.14. The van der Waals surface area contributed by atoms with Gasteiger partial charge in [-0.3, -0.25) is 9.48 Å². The Kier molecular flexibility index (Phi) is 4.20. The molecule has 0 aliphatic rings.